The number of aryl methyl sites for hydroxylation is 1. The van der Waals surface area contributed by atoms with Crippen molar-refractivity contribution in [3.63, 3.8) is 0 Å². The maximum atomic E-state index is 11.6. The second kappa shape index (κ2) is 7.44. The van der Waals surface area contributed by atoms with E-state index in [0.29, 0.717) is 5.56 Å². The SMILES string of the molecule is CCCCN(CCCC)c1ccc(-c2c(O)c(=O)c2=O)cc1C. The van der Waals surface area contributed by atoms with Crippen LogP contribution in [0, 0.1) is 6.92 Å². The van der Waals surface area contributed by atoms with Crippen molar-refractivity contribution in [1.82, 2.24) is 0 Å². The Morgan fingerprint density at radius 3 is 2.09 bits per heavy atom. The quantitative estimate of drug-likeness (QED) is 0.759. The smallest absolute Gasteiger partial charge is 0.268 e. The summed E-state index contributed by atoms with van der Waals surface area (Å²) in [6.07, 6.45) is 4.59. The molecule has 0 aliphatic carbocycles. The Labute approximate surface area is 137 Å². The lowest BCUT2D eigenvalue weighted by Gasteiger charge is -2.27. The highest BCUT2D eigenvalue weighted by atomic mass is 16.3. The van der Waals surface area contributed by atoms with E-state index in [1.807, 2.05) is 25.1 Å². The van der Waals surface area contributed by atoms with Gasteiger partial charge in [0, 0.05) is 18.8 Å². The van der Waals surface area contributed by atoms with Crippen LogP contribution in [0.3, 0.4) is 0 Å². The fourth-order valence-electron chi connectivity index (χ4n) is 2.86. The number of rotatable bonds is 8. The third kappa shape index (κ3) is 3.46. The fraction of sp³-hybridized carbons (Fsp3) is 0.474. The molecule has 0 bridgehead atoms. The molecular weight excluding hydrogens is 290 g/mol. The zero-order valence-corrected chi connectivity index (χ0v) is 14.2. The van der Waals surface area contributed by atoms with Gasteiger partial charge in [-0.25, -0.2) is 0 Å². The van der Waals surface area contributed by atoms with Gasteiger partial charge in [0.25, 0.3) is 5.43 Å². The second-order valence-corrected chi connectivity index (χ2v) is 6.08. The van der Waals surface area contributed by atoms with Crippen molar-refractivity contribution in [2.24, 2.45) is 0 Å². The summed E-state index contributed by atoms with van der Waals surface area (Å²) < 4.78 is 0. The molecule has 0 saturated heterocycles. The molecule has 0 radical (unpaired) electrons. The number of anilines is 1. The number of hydrogen-bond donors (Lipinski definition) is 1. The number of aromatic hydroxyl groups is 1. The van der Waals surface area contributed by atoms with Crippen molar-refractivity contribution in [2.75, 3.05) is 18.0 Å². The number of unbranched alkanes of at least 4 members (excludes halogenated alkanes) is 2. The van der Waals surface area contributed by atoms with Crippen molar-refractivity contribution < 1.29 is 5.11 Å². The lowest BCUT2D eigenvalue weighted by Crippen LogP contribution is -2.32. The summed E-state index contributed by atoms with van der Waals surface area (Å²) in [6, 6.07) is 5.70. The summed E-state index contributed by atoms with van der Waals surface area (Å²) in [5.41, 5.74) is 1.62. The lowest BCUT2D eigenvalue weighted by atomic mass is 9.97. The summed E-state index contributed by atoms with van der Waals surface area (Å²) in [5, 5.41) is 9.60. The lowest BCUT2D eigenvalue weighted by molar-refractivity contribution is 0.465. The molecule has 2 aromatic rings. The number of hydrogen-bond acceptors (Lipinski definition) is 4. The van der Waals surface area contributed by atoms with Gasteiger partial charge in [-0.15, -0.1) is 0 Å². The molecule has 0 unspecified atom stereocenters. The maximum Gasteiger partial charge on any atom is 0.268 e. The van der Waals surface area contributed by atoms with E-state index in [1.165, 1.54) is 0 Å². The van der Waals surface area contributed by atoms with E-state index in [-0.39, 0.29) is 5.56 Å². The Morgan fingerprint density at radius 1 is 1.00 bits per heavy atom. The van der Waals surface area contributed by atoms with Gasteiger partial charge in [-0.05, 0) is 43.0 Å². The van der Waals surface area contributed by atoms with E-state index < -0.39 is 16.6 Å². The van der Waals surface area contributed by atoms with Crippen molar-refractivity contribution in [2.45, 2.75) is 46.5 Å². The molecule has 0 aliphatic rings. The van der Waals surface area contributed by atoms with Crippen LogP contribution in [0.1, 0.15) is 45.1 Å². The predicted molar refractivity (Wildman–Crippen MR) is 95.2 cm³/mol. The van der Waals surface area contributed by atoms with Crippen LogP contribution in [-0.4, -0.2) is 18.2 Å². The Balaban J connectivity index is 2.30. The maximum absolute atomic E-state index is 11.6. The molecule has 124 valence electrons. The average Bonchev–Trinajstić information content (AvgIpc) is 2.55. The van der Waals surface area contributed by atoms with Crippen LogP contribution in [0.5, 0.6) is 5.75 Å². The first-order chi connectivity index (χ1) is 11.0. The zero-order valence-electron chi connectivity index (χ0n) is 14.2. The summed E-state index contributed by atoms with van der Waals surface area (Å²) in [4.78, 5) is 25.2. The van der Waals surface area contributed by atoms with Crippen LogP contribution < -0.4 is 15.8 Å². The van der Waals surface area contributed by atoms with Crippen molar-refractivity contribution in [3.8, 4) is 16.9 Å². The second-order valence-electron chi connectivity index (χ2n) is 6.08. The van der Waals surface area contributed by atoms with E-state index in [0.717, 1.165) is 50.0 Å². The van der Waals surface area contributed by atoms with Crippen LogP contribution in [0.15, 0.2) is 27.8 Å². The third-order valence-electron chi connectivity index (χ3n) is 4.27. The summed E-state index contributed by atoms with van der Waals surface area (Å²) >= 11 is 0. The molecule has 4 nitrogen and oxygen atoms in total. The first-order valence-electron chi connectivity index (χ1n) is 8.39. The van der Waals surface area contributed by atoms with Gasteiger partial charge < -0.3 is 10.0 Å². The highest BCUT2D eigenvalue weighted by Crippen LogP contribution is 2.30. The van der Waals surface area contributed by atoms with Crippen molar-refractivity contribution in [3.05, 3.63) is 44.2 Å². The minimum Gasteiger partial charge on any atom is -0.503 e. The average molecular weight is 315 g/mol. The molecule has 0 aliphatic heterocycles. The van der Waals surface area contributed by atoms with E-state index in [1.54, 1.807) is 0 Å². The minimum absolute atomic E-state index is 0.151. The molecule has 0 fully saturated rings. The Bertz CT molecular complexity index is 733. The van der Waals surface area contributed by atoms with Crippen LogP contribution in [0.2, 0.25) is 0 Å². The molecular formula is C19H25NO3. The van der Waals surface area contributed by atoms with Gasteiger partial charge in [0.2, 0.25) is 5.43 Å². The molecule has 2 rings (SSSR count). The highest BCUT2D eigenvalue weighted by molar-refractivity contribution is 5.76. The summed E-state index contributed by atoms with van der Waals surface area (Å²) in [7, 11) is 0. The Morgan fingerprint density at radius 2 is 1.61 bits per heavy atom. The first-order valence-corrected chi connectivity index (χ1v) is 8.39. The highest BCUT2D eigenvalue weighted by Gasteiger charge is 2.22. The van der Waals surface area contributed by atoms with Gasteiger partial charge in [0.05, 0.1) is 5.56 Å². The van der Waals surface area contributed by atoms with E-state index in [2.05, 4.69) is 18.7 Å². The Kier molecular flexibility index (Phi) is 5.59. The van der Waals surface area contributed by atoms with Gasteiger partial charge in [-0.3, -0.25) is 9.59 Å². The molecule has 0 aromatic heterocycles. The van der Waals surface area contributed by atoms with Gasteiger partial charge >= 0.3 is 0 Å². The molecule has 1 N–H and O–H groups in total. The van der Waals surface area contributed by atoms with Crippen LogP contribution >= 0.6 is 0 Å². The van der Waals surface area contributed by atoms with E-state index in [9.17, 15) is 14.7 Å². The van der Waals surface area contributed by atoms with Crippen LogP contribution in [0.4, 0.5) is 5.69 Å². The molecule has 4 heteroatoms. The number of nitrogens with zero attached hydrogens (tertiary/aromatic N) is 1. The molecule has 0 saturated carbocycles. The van der Waals surface area contributed by atoms with Crippen LogP contribution in [0.25, 0.3) is 11.1 Å². The molecule has 0 heterocycles. The molecule has 0 spiro atoms. The molecule has 23 heavy (non-hydrogen) atoms. The predicted octanol–water partition coefficient (Wildman–Crippen LogP) is 3.37. The van der Waals surface area contributed by atoms with E-state index in [4.69, 9.17) is 0 Å². The van der Waals surface area contributed by atoms with Crippen molar-refractivity contribution in [1.29, 1.82) is 0 Å². The normalized spacial score (nSPS) is 11.1. The van der Waals surface area contributed by atoms with Gasteiger partial charge in [-0.1, -0.05) is 32.8 Å². The molecule has 0 atom stereocenters. The third-order valence-corrected chi connectivity index (χ3v) is 4.27. The zero-order chi connectivity index (χ0) is 17.0. The first kappa shape index (κ1) is 17.3. The van der Waals surface area contributed by atoms with Gasteiger partial charge in [-0.2, -0.15) is 0 Å². The van der Waals surface area contributed by atoms with E-state index >= 15 is 0 Å². The summed E-state index contributed by atoms with van der Waals surface area (Å²) in [5.74, 6) is -0.407. The standard InChI is InChI=1S/C19H25NO3/c1-4-6-10-20(11-7-5-2)15-9-8-14(12-13(15)3)16-17(21)19(23)18(16)22/h8-9,12,21H,4-7,10-11H2,1-3H3. The largest absolute Gasteiger partial charge is 0.503 e. The number of benzene rings is 1. The Hall–Kier alpha value is -2.10. The summed E-state index contributed by atoms with van der Waals surface area (Å²) in [6.45, 7) is 8.40. The van der Waals surface area contributed by atoms with Gasteiger partial charge in [0.1, 0.15) is 0 Å². The fourth-order valence-corrected chi connectivity index (χ4v) is 2.86. The molecule has 0 amide bonds. The van der Waals surface area contributed by atoms with Gasteiger partial charge in [0.15, 0.2) is 5.75 Å². The molecule has 2 aromatic carbocycles. The van der Waals surface area contributed by atoms with Crippen molar-refractivity contribution >= 4 is 5.69 Å². The minimum atomic E-state index is -0.783. The topological polar surface area (TPSA) is 57.6 Å². The van der Waals surface area contributed by atoms with Crippen LogP contribution in [-0.2, 0) is 0 Å². The monoisotopic (exact) mass is 315 g/mol.